The van der Waals surface area contributed by atoms with Gasteiger partial charge in [-0.25, -0.2) is 15.0 Å². The number of Topliss-reactive ketones (excluding diaryl/α,β-unsaturated/α-hetero) is 1. The molecule has 0 aromatic carbocycles. The predicted molar refractivity (Wildman–Crippen MR) is 45.6 cm³/mol. The van der Waals surface area contributed by atoms with Crippen LogP contribution in [0.4, 0.5) is 5.82 Å². The maximum Gasteiger partial charge on any atom is 0.319 e. The Morgan fingerprint density at radius 3 is 3.00 bits per heavy atom. The second-order valence-corrected chi connectivity index (χ2v) is 2.72. The van der Waals surface area contributed by atoms with Gasteiger partial charge in [0.25, 0.3) is 0 Å². The van der Waals surface area contributed by atoms with E-state index in [-0.39, 0.29) is 11.4 Å². The average molecular weight is 191 g/mol. The van der Waals surface area contributed by atoms with Gasteiger partial charge in [0.15, 0.2) is 17.5 Å². The topological polar surface area (TPSA) is 92.5 Å². The SMILES string of the molecule is O=C(O)C1C=Nc2ncncc2C1=O. The van der Waals surface area contributed by atoms with Gasteiger partial charge in [-0.3, -0.25) is 9.59 Å². The standard InChI is InChI=1S/C8H5N3O3/c12-6-4-1-9-3-11-7(4)10-2-5(6)8(13)14/h1-3,5H,(H,13,14). The number of aliphatic imine (C=N–C) groups is 1. The number of fused-ring (bicyclic) bond motifs is 1. The third kappa shape index (κ3) is 1.17. The van der Waals surface area contributed by atoms with Gasteiger partial charge >= 0.3 is 5.97 Å². The van der Waals surface area contributed by atoms with E-state index < -0.39 is 17.7 Å². The van der Waals surface area contributed by atoms with E-state index in [9.17, 15) is 9.59 Å². The Morgan fingerprint density at radius 1 is 1.50 bits per heavy atom. The highest BCUT2D eigenvalue weighted by atomic mass is 16.4. The van der Waals surface area contributed by atoms with Crippen LogP contribution in [-0.4, -0.2) is 33.0 Å². The van der Waals surface area contributed by atoms with E-state index >= 15 is 0 Å². The average Bonchev–Trinajstić information content (AvgIpc) is 2.18. The van der Waals surface area contributed by atoms with Crippen LogP contribution in [0.5, 0.6) is 0 Å². The molecule has 0 amide bonds. The second-order valence-electron chi connectivity index (χ2n) is 2.72. The van der Waals surface area contributed by atoms with Gasteiger partial charge in [0, 0.05) is 12.4 Å². The maximum absolute atomic E-state index is 11.5. The summed E-state index contributed by atoms with van der Waals surface area (Å²) in [5, 5.41) is 8.68. The molecule has 2 rings (SSSR count). The van der Waals surface area contributed by atoms with Crippen molar-refractivity contribution in [1.82, 2.24) is 9.97 Å². The molecular weight excluding hydrogens is 186 g/mol. The number of hydrogen-bond acceptors (Lipinski definition) is 5. The van der Waals surface area contributed by atoms with E-state index in [2.05, 4.69) is 15.0 Å². The second kappa shape index (κ2) is 2.99. The van der Waals surface area contributed by atoms with Crippen molar-refractivity contribution in [1.29, 1.82) is 0 Å². The van der Waals surface area contributed by atoms with Crippen LogP contribution >= 0.6 is 0 Å². The molecule has 1 aromatic heterocycles. The monoisotopic (exact) mass is 191 g/mol. The van der Waals surface area contributed by atoms with Crippen LogP contribution in [0.3, 0.4) is 0 Å². The Morgan fingerprint density at radius 2 is 2.29 bits per heavy atom. The largest absolute Gasteiger partial charge is 0.480 e. The summed E-state index contributed by atoms with van der Waals surface area (Å²) in [6.07, 6.45) is 3.61. The third-order valence-electron chi connectivity index (χ3n) is 1.85. The van der Waals surface area contributed by atoms with Crippen molar-refractivity contribution in [2.24, 2.45) is 10.9 Å². The minimum Gasteiger partial charge on any atom is -0.480 e. The van der Waals surface area contributed by atoms with Crippen LogP contribution in [0, 0.1) is 5.92 Å². The first-order chi connectivity index (χ1) is 6.70. The first-order valence-electron chi connectivity index (χ1n) is 3.81. The molecular formula is C8H5N3O3. The Kier molecular flexibility index (Phi) is 1.81. The molecule has 2 heterocycles. The fraction of sp³-hybridized carbons (Fsp3) is 0.125. The molecule has 1 N–H and O–H groups in total. The van der Waals surface area contributed by atoms with Gasteiger partial charge < -0.3 is 5.11 Å². The Bertz CT molecular complexity index is 441. The molecule has 1 aromatic rings. The lowest BCUT2D eigenvalue weighted by Crippen LogP contribution is -2.27. The first kappa shape index (κ1) is 8.49. The van der Waals surface area contributed by atoms with Crippen LogP contribution in [0.1, 0.15) is 10.4 Å². The summed E-state index contributed by atoms with van der Waals surface area (Å²) in [5.74, 6) is -2.73. The molecule has 0 saturated carbocycles. The van der Waals surface area contributed by atoms with Gasteiger partial charge in [-0.05, 0) is 0 Å². The highest BCUT2D eigenvalue weighted by molar-refractivity contribution is 6.21. The smallest absolute Gasteiger partial charge is 0.319 e. The van der Waals surface area contributed by atoms with Crippen LogP contribution in [0.15, 0.2) is 17.5 Å². The fourth-order valence-electron chi connectivity index (χ4n) is 1.16. The lowest BCUT2D eigenvalue weighted by atomic mass is 9.98. The Labute approximate surface area is 78.3 Å². The summed E-state index contributed by atoms with van der Waals surface area (Å²) < 4.78 is 0. The van der Waals surface area contributed by atoms with Crippen LogP contribution in [0.25, 0.3) is 0 Å². The molecule has 0 spiro atoms. The molecule has 14 heavy (non-hydrogen) atoms. The minimum atomic E-state index is -1.21. The number of rotatable bonds is 1. The normalized spacial score (nSPS) is 19.1. The van der Waals surface area contributed by atoms with E-state index in [1.165, 1.54) is 12.5 Å². The van der Waals surface area contributed by atoms with Crippen molar-refractivity contribution in [2.75, 3.05) is 0 Å². The highest BCUT2D eigenvalue weighted by Crippen LogP contribution is 2.22. The molecule has 1 atom stereocenters. The summed E-state index contributed by atoms with van der Waals surface area (Å²) in [5.41, 5.74) is 0.155. The zero-order valence-corrected chi connectivity index (χ0v) is 6.91. The van der Waals surface area contributed by atoms with E-state index in [0.29, 0.717) is 0 Å². The summed E-state index contributed by atoms with van der Waals surface area (Å²) in [7, 11) is 0. The summed E-state index contributed by atoms with van der Waals surface area (Å²) in [6.45, 7) is 0. The van der Waals surface area contributed by atoms with Gasteiger partial charge in [0.1, 0.15) is 6.33 Å². The maximum atomic E-state index is 11.5. The van der Waals surface area contributed by atoms with Gasteiger partial charge in [-0.15, -0.1) is 0 Å². The zero-order chi connectivity index (χ0) is 10.1. The van der Waals surface area contributed by atoms with E-state index in [1.54, 1.807) is 0 Å². The van der Waals surface area contributed by atoms with Crippen molar-refractivity contribution >= 4 is 23.8 Å². The molecule has 1 unspecified atom stereocenters. The summed E-state index contributed by atoms with van der Waals surface area (Å²) in [6, 6.07) is 0. The molecule has 0 saturated heterocycles. The number of carbonyl (C=O) groups is 2. The Balaban J connectivity index is 2.50. The molecule has 1 aliphatic rings. The number of carbonyl (C=O) groups excluding carboxylic acids is 1. The number of nitrogens with zero attached hydrogens (tertiary/aromatic N) is 3. The van der Waals surface area contributed by atoms with Gasteiger partial charge in [-0.1, -0.05) is 0 Å². The zero-order valence-electron chi connectivity index (χ0n) is 6.91. The number of aromatic nitrogens is 2. The van der Waals surface area contributed by atoms with Crippen molar-refractivity contribution in [3.05, 3.63) is 18.1 Å². The summed E-state index contributed by atoms with van der Waals surface area (Å²) >= 11 is 0. The number of hydrogen-bond donors (Lipinski definition) is 1. The lowest BCUT2D eigenvalue weighted by Gasteiger charge is -2.11. The molecule has 6 nitrogen and oxygen atoms in total. The van der Waals surface area contributed by atoms with Crippen LogP contribution in [-0.2, 0) is 4.79 Å². The molecule has 0 bridgehead atoms. The molecule has 1 aliphatic heterocycles. The van der Waals surface area contributed by atoms with Gasteiger partial charge in [0.05, 0.1) is 5.56 Å². The quantitative estimate of drug-likeness (QED) is 0.634. The fourth-order valence-corrected chi connectivity index (χ4v) is 1.16. The van der Waals surface area contributed by atoms with Crippen LogP contribution in [0.2, 0.25) is 0 Å². The van der Waals surface area contributed by atoms with E-state index in [1.807, 2.05) is 0 Å². The third-order valence-corrected chi connectivity index (χ3v) is 1.85. The van der Waals surface area contributed by atoms with Crippen molar-refractivity contribution in [3.8, 4) is 0 Å². The lowest BCUT2D eigenvalue weighted by molar-refractivity contribution is -0.137. The molecule has 0 aliphatic carbocycles. The predicted octanol–water partition coefficient (Wildman–Crippen LogP) is 0.0760. The molecule has 6 heteroatoms. The van der Waals surface area contributed by atoms with Crippen molar-refractivity contribution in [2.45, 2.75) is 0 Å². The molecule has 0 fully saturated rings. The van der Waals surface area contributed by atoms with E-state index in [4.69, 9.17) is 5.11 Å². The van der Waals surface area contributed by atoms with Crippen molar-refractivity contribution < 1.29 is 14.7 Å². The van der Waals surface area contributed by atoms with Gasteiger partial charge in [0.2, 0.25) is 0 Å². The number of aliphatic carboxylic acids is 1. The highest BCUT2D eigenvalue weighted by Gasteiger charge is 2.31. The van der Waals surface area contributed by atoms with Gasteiger partial charge in [-0.2, -0.15) is 0 Å². The van der Waals surface area contributed by atoms with Crippen molar-refractivity contribution in [3.63, 3.8) is 0 Å². The molecule has 70 valence electrons. The summed E-state index contributed by atoms with van der Waals surface area (Å²) in [4.78, 5) is 33.3. The number of carboxylic acids is 1. The molecule has 0 radical (unpaired) electrons. The first-order valence-corrected chi connectivity index (χ1v) is 3.81. The number of carboxylic acid groups (broad SMARTS) is 1. The van der Waals surface area contributed by atoms with Crippen LogP contribution < -0.4 is 0 Å². The minimum absolute atomic E-state index is 0.155. The van der Waals surface area contributed by atoms with E-state index in [0.717, 1.165) is 6.21 Å². The number of ketones is 1. The Hall–Kier alpha value is -2.11.